The molecule has 0 fully saturated rings. The van der Waals surface area contributed by atoms with Crippen LogP contribution in [0.5, 0.6) is 0 Å². The van der Waals surface area contributed by atoms with Gasteiger partial charge in [0.05, 0.1) is 43.4 Å². The molecule has 0 N–H and O–H groups in total. The molecule has 0 saturated carbocycles. The van der Waals surface area contributed by atoms with Crippen molar-refractivity contribution in [1.29, 1.82) is 0 Å². The van der Waals surface area contributed by atoms with Gasteiger partial charge >= 0.3 is 11.9 Å². The van der Waals surface area contributed by atoms with Gasteiger partial charge < -0.3 is 29.3 Å². The van der Waals surface area contributed by atoms with Crippen molar-refractivity contribution in [2.24, 2.45) is 5.41 Å². The van der Waals surface area contributed by atoms with Crippen molar-refractivity contribution in [3.63, 3.8) is 0 Å². The monoisotopic (exact) mass is 356 g/mol. The summed E-state index contributed by atoms with van der Waals surface area (Å²) in [5, 5.41) is 22.7. The van der Waals surface area contributed by atoms with E-state index in [9.17, 15) is 29.4 Å². The van der Waals surface area contributed by atoms with E-state index in [2.05, 4.69) is 6.58 Å². The number of hydrogen-bond acceptors (Lipinski definition) is 8. The molecule has 0 bridgehead atoms. The molecule has 0 saturated heterocycles. The van der Waals surface area contributed by atoms with Gasteiger partial charge in [-0.25, -0.2) is 0 Å². The lowest BCUT2D eigenvalue weighted by molar-refractivity contribution is -0.322. The Bertz CT molecular complexity index is 485. The van der Waals surface area contributed by atoms with Gasteiger partial charge in [-0.3, -0.25) is 9.59 Å². The minimum absolute atomic E-state index is 0.0528. The number of aliphatic carboxylic acids is 2. The molecule has 0 spiro atoms. The molecule has 0 radical (unpaired) electrons. The smallest absolute Gasteiger partial charge is 0.307 e. The van der Waals surface area contributed by atoms with Gasteiger partial charge in [0.1, 0.15) is 0 Å². The van der Waals surface area contributed by atoms with Crippen LogP contribution in [0.4, 0.5) is 0 Å². The Labute approximate surface area is 146 Å². The minimum atomic E-state index is -2.48. The quantitative estimate of drug-likeness (QED) is 0.245. The molecule has 0 aliphatic heterocycles. The van der Waals surface area contributed by atoms with Crippen molar-refractivity contribution in [2.75, 3.05) is 13.2 Å². The topological polar surface area (TPSA) is 133 Å². The van der Waals surface area contributed by atoms with Crippen LogP contribution in [0, 0.1) is 5.41 Å². The fourth-order valence-electron chi connectivity index (χ4n) is 1.99. The molecule has 8 heteroatoms. The molecule has 0 aromatic carbocycles. The van der Waals surface area contributed by atoms with Crippen LogP contribution < -0.4 is 10.2 Å². The van der Waals surface area contributed by atoms with Crippen LogP contribution in [0.15, 0.2) is 12.2 Å². The van der Waals surface area contributed by atoms with E-state index < -0.39 is 47.7 Å². The summed E-state index contributed by atoms with van der Waals surface area (Å²) in [6.07, 6.45) is 0.793. The first-order valence-electron chi connectivity index (χ1n) is 8.14. The zero-order chi connectivity index (χ0) is 19.5. The Morgan fingerprint density at radius 1 is 0.880 bits per heavy atom. The molecule has 0 amide bonds. The van der Waals surface area contributed by atoms with E-state index >= 15 is 0 Å². The molecule has 0 heterocycles. The highest BCUT2D eigenvalue weighted by atomic mass is 16.5. The lowest BCUT2D eigenvalue weighted by Crippen LogP contribution is -2.50. The maximum atomic E-state index is 11.9. The molecule has 142 valence electrons. The predicted octanol–water partition coefficient (Wildman–Crippen LogP) is -0.504. The largest absolute Gasteiger partial charge is 0.549 e. The third kappa shape index (κ3) is 7.36. The van der Waals surface area contributed by atoms with E-state index in [-0.39, 0.29) is 13.2 Å². The van der Waals surface area contributed by atoms with Crippen molar-refractivity contribution >= 4 is 23.9 Å². The predicted molar refractivity (Wildman–Crippen MR) is 82.6 cm³/mol. The Balaban J connectivity index is 5.35. The van der Waals surface area contributed by atoms with Crippen LogP contribution in [-0.4, -0.2) is 37.1 Å². The highest BCUT2D eigenvalue weighted by Gasteiger charge is 2.41. The van der Waals surface area contributed by atoms with Crippen molar-refractivity contribution in [1.82, 2.24) is 0 Å². The molecule has 0 rings (SSSR count). The molecular weight excluding hydrogens is 332 g/mol. The van der Waals surface area contributed by atoms with Crippen LogP contribution in [0.25, 0.3) is 0 Å². The third-order valence-electron chi connectivity index (χ3n) is 3.63. The number of carboxylic acids is 2. The first kappa shape index (κ1) is 22.6. The van der Waals surface area contributed by atoms with Gasteiger partial charge in [-0.2, -0.15) is 0 Å². The van der Waals surface area contributed by atoms with Gasteiger partial charge in [-0.15, -0.1) is 0 Å². The molecule has 0 aromatic heterocycles. The van der Waals surface area contributed by atoms with Crippen LogP contribution in [0.1, 0.15) is 52.4 Å². The molecule has 0 aromatic rings. The second kappa shape index (κ2) is 11.2. The van der Waals surface area contributed by atoms with Gasteiger partial charge in [0.2, 0.25) is 0 Å². The Morgan fingerprint density at radius 3 is 1.56 bits per heavy atom. The van der Waals surface area contributed by atoms with Gasteiger partial charge in [0.25, 0.3) is 0 Å². The Hall–Kier alpha value is -2.38. The summed E-state index contributed by atoms with van der Waals surface area (Å²) in [6, 6.07) is 0. The van der Waals surface area contributed by atoms with Gasteiger partial charge in [-0.05, 0) is 18.4 Å². The normalized spacial score (nSPS) is 10.8. The summed E-state index contributed by atoms with van der Waals surface area (Å²) in [6.45, 7) is 6.98. The second-order valence-electron chi connectivity index (χ2n) is 5.64. The van der Waals surface area contributed by atoms with Gasteiger partial charge in [0, 0.05) is 0 Å². The number of ether oxygens (including phenoxy) is 2. The van der Waals surface area contributed by atoms with Gasteiger partial charge in [-0.1, -0.05) is 33.3 Å². The van der Waals surface area contributed by atoms with Crippen LogP contribution in [0.3, 0.4) is 0 Å². The van der Waals surface area contributed by atoms with Crippen LogP contribution in [0.2, 0.25) is 0 Å². The van der Waals surface area contributed by atoms with Crippen molar-refractivity contribution < 1.29 is 38.9 Å². The molecule has 25 heavy (non-hydrogen) atoms. The SMILES string of the molecule is C=C(C(=O)[O-])C(CC(=O)OCCCC)(CC(=O)OCCCC)C(=O)[O-]. The molecule has 0 aliphatic rings. The lowest BCUT2D eigenvalue weighted by Gasteiger charge is -2.35. The number of rotatable bonds is 13. The van der Waals surface area contributed by atoms with E-state index in [1.54, 1.807) is 0 Å². The number of carbonyl (C=O) groups excluding carboxylic acids is 4. The standard InChI is InChI=1S/C17H26O8/c1-4-6-8-24-13(18)10-17(16(22)23,12(3)15(20)21)11-14(19)25-9-7-5-2/h3-11H2,1-2H3,(H,20,21)(H,22,23)/p-2. The molecule has 0 atom stereocenters. The summed E-state index contributed by atoms with van der Waals surface area (Å²) in [5.74, 6) is -5.77. The van der Waals surface area contributed by atoms with Crippen molar-refractivity contribution in [2.45, 2.75) is 52.4 Å². The second-order valence-corrected chi connectivity index (χ2v) is 5.64. The van der Waals surface area contributed by atoms with Crippen LogP contribution in [-0.2, 0) is 28.7 Å². The zero-order valence-electron chi connectivity index (χ0n) is 14.6. The maximum Gasteiger partial charge on any atom is 0.307 e. The van der Waals surface area contributed by atoms with Crippen LogP contribution >= 0.6 is 0 Å². The molecule has 0 unspecified atom stereocenters. The van der Waals surface area contributed by atoms with Crippen molar-refractivity contribution in [3.05, 3.63) is 12.2 Å². The molecular formula is C17H24O8-2. The summed E-state index contributed by atoms with van der Waals surface area (Å²) < 4.78 is 9.72. The van der Waals surface area contributed by atoms with Crippen molar-refractivity contribution in [3.8, 4) is 0 Å². The van der Waals surface area contributed by atoms with E-state index in [1.807, 2.05) is 13.8 Å². The van der Waals surface area contributed by atoms with Gasteiger partial charge in [0.15, 0.2) is 0 Å². The fourth-order valence-corrected chi connectivity index (χ4v) is 1.99. The molecule has 8 nitrogen and oxygen atoms in total. The number of esters is 2. The Kier molecular flexibility index (Phi) is 10.2. The minimum Gasteiger partial charge on any atom is -0.549 e. The summed E-state index contributed by atoms with van der Waals surface area (Å²) in [7, 11) is 0. The first-order chi connectivity index (χ1) is 11.7. The number of carbonyl (C=O) groups is 4. The number of carboxylic acid groups (broad SMARTS) is 2. The highest BCUT2D eigenvalue weighted by molar-refractivity contribution is 5.99. The number of unbranched alkanes of at least 4 members (excludes halogenated alkanes) is 2. The first-order valence-corrected chi connectivity index (χ1v) is 8.14. The fraction of sp³-hybridized carbons (Fsp3) is 0.647. The average Bonchev–Trinajstić information content (AvgIpc) is 2.53. The molecule has 0 aliphatic carbocycles. The van der Waals surface area contributed by atoms with E-state index in [0.29, 0.717) is 12.8 Å². The summed E-state index contributed by atoms with van der Waals surface area (Å²) in [4.78, 5) is 46.5. The maximum absolute atomic E-state index is 11.9. The third-order valence-corrected chi connectivity index (χ3v) is 3.63. The van der Waals surface area contributed by atoms with E-state index in [1.165, 1.54) is 0 Å². The average molecular weight is 356 g/mol. The Morgan fingerprint density at radius 2 is 1.28 bits per heavy atom. The summed E-state index contributed by atoms with van der Waals surface area (Å²) >= 11 is 0. The zero-order valence-corrected chi connectivity index (χ0v) is 14.6. The highest BCUT2D eigenvalue weighted by Crippen LogP contribution is 2.35. The number of hydrogen-bond donors (Lipinski definition) is 0. The lowest BCUT2D eigenvalue weighted by atomic mass is 9.75. The van der Waals surface area contributed by atoms with E-state index in [4.69, 9.17) is 9.47 Å². The summed E-state index contributed by atoms with van der Waals surface area (Å²) in [5.41, 5.74) is -3.42. The van der Waals surface area contributed by atoms with E-state index in [0.717, 1.165) is 12.8 Å².